The summed E-state index contributed by atoms with van der Waals surface area (Å²) in [6.07, 6.45) is 9.35. The van der Waals surface area contributed by atoms with Crippen molar-refractivity contribution in [1.82, 2.24) is 9.97 Å². The molecule has 2 heterocycles. The van der Waals surface area contributed by atoms with Crippen LogP contribution in [-0.4, -0.2) is 35.1 Å². The fourth-order valence-corrected chi connectivity index (χ4v) is 4.93. The number of nitrogens with zero attached hydrogens (tertiary/aromatic N) is 4. The Kier molecular flexibility index (Phi) is 8.55. The molecule has 0 unspecified atom stereocenters. The summed E-state index contributed by atoms with van der Waals surface area (Å²) in [4.78, 5) is 22.3. The van der Waals surface area contributed by atoms with E-state index in [-0.39, 0.29) is 17.4 Å². The summed E-state index contributed by atoms with van der Waals surface area (Å²) in [5.41, 5.74) is 5.92. The molecule has 0 aliphatic carbocycles. The molecule has 1 aliphatic heterocycles. The molecule has 1 saturated heterocycles. The van der Waals surface area contributed by atoms with Gasteiger partial charge in [-0.05, 0) is 56.2 Å². The van der Waals surface area contributed by atoms with Gasteiger partial charge >= 0.3 is 5.69 Å². The lowest BCUT2D eigenvalue weighted by Crippen LogP contribution is -2.21. The maximum atomic E-state index is 14.2. The van der Waals surface area contributed by atoms with Gasteiger partial charge in [-0.3, -0.25) is 10.1 Å². The van der Waals surface area contributed by atoms with Gasteiger partial charge in [-0.1, -0.05) is 37.6 Å². The lowest BCUT2D eigenvalue weighted by molar-refractivity contribution is -0.387. The molecule has 0 radical (unpaired) electrons. The van der Waals surface area contributed by atoms with Gasteiger partial charge in [0.05, 0.1) is 35.3 Å². The predicted molar refractivity (Wildman–Crippen MR) is 149 cm³/mol. The number of unbranched alkanes of at least 4 members (excludes halogenated alkanes) is 1. The maximum Gasteiger partial charge on any atom is 0.307 e. The SMILES string of the molecule is C/C=C(\c1cccc(CCCC)c1C)c1nc(Nc2cc([N+](=O)[O-])c(F)cc2OC)ncc1N1CCCC1. The number of ether oxygens (including phenoxy) is 1. The highest BCUT2D eigenvalue weighted by Crippen LogP contribution is 2.37. The highest BCUT2D eigenvalue weighted by Gasteiger charge is 2.24. The minimum atomic E-state index is -0.974. The van der Waals surface area contributed by atoms with Crippen LogP contribution in [0.25, 0.3) is 5.57 Å². The Bertz CT molecular complexity index is 1350. The van der Waals surface area contributed by atoms with Crippen molar-refractivity contribution in [3.8, 4) is 5.75 Å². The van der Waals surface area contributed by atoms with Gasteiger partial charge in [-0.15, -0.1) is 0 Å². The Hall–Kier alpha value is -4.01. The summed E-state index contributed by atoms with van der Waals surface area (Å²) in [5.74, 6) is -0.619. The summed E-state index contributed by atoms with van der Waals surface area (Å²) < 4.78 is 19.5. The second-order valence-electron chi connectivity index (χ2n) is 9.40. The van der Waals surface area contributed by atoms with Crippen LogP contribution >= 0.6 is 0 Å². The molecule has 9 heteroatoms. The Balaban J connectivity index is 1.81. The fraction of sp³-hybridized carbons (Fsp3) is 0.379. The van der Waals surface area contributed by atoms with Gasteiger partial charge in [0.25, 0.3) is 0 Å². The van der Waals surface area contributed by atoms with Crippen LogP contribution < -0.4 is 15.0 Å². The van der Waals surface area contributed by atoms with Gasteiger partial charge in [-0.25, -0.2) is 9.97 Å². The van der Waals surface area contributed by atoms with E-state index in [1.165, 1.54) is 18.2 Å². The number of nitrogens with one attached hydrogen (secondary N) is 1. The molecule has 200 valence electrons. The van der Waals surface area contributed by atoms with E-state index in [0.717, 1.165) is 79.8 Å². The molecule has 1 aliphatic rings. The molecular formula is C29H34FN5O3. The molecule has 1 aromatic heterocycles. The Labute approximate surface area is 222 Å². The van der Waals surface area contributed by atoms with Crippen LogP contribution in [0.1, 0.15) is 61.9 Å². The number of allylic oxidation sites excluding steroid dienone is 1. The average molecular weight is 520 g/mol. The molecular weight excluding hydrogens is 485 g/mol. The van der Waals surface area contributed by atoms with Crippen molar-refractivity contribution >= 4 is 28.6 Å². The van der Waals surface area contributed by atoms with Crippen LogP contribution in [0.2, 0.25) is 0 Å². The van der Waals surface area contributed by atoms with Crippen molar-refractivity contribution in [2.24, 2.45) is 0 Å². The predicted octanol–water partition coefficient (Wildman–Crippen LogP) is 6.98. The van der Waals surface area contributed by atoms with Crippen molar-refractivity contribution in [2.75, 3.05) is 30.4 Å². The highest BCUT2D eigenvalue weighted by atomic mass is 19.1. The average Bonchev–Trinajstić information content (AvgIpc) is 3.45. The Morgan fingerprint density at radius 1 is 1.29 bits per heavy atom. The summed E-state index contributed by atoms with van der Waals surface area (Å²) >= 11 is 0. The van der Waals surface area contributed by atoms with E-state index in [2.05, 4.69) is 53.3 Å². The molecule has 1 fully saturated rings. The molecule has 0 bridgehead atoms. The quantitative estimate of drug-likeness (QED) is 0.228. The van der Waals surface area contributed by atoms with Gasteiger partial charge in [-0.2, -0.15) is 4.39 Å². The van der Waals surface area contributed by atoms with Crippen LogP contribution in [0.5, 0.6) is 5.75 Å². The third kappa shape index (κ3) is 5.61. The molecule has 0 spiro atoms. The van der Waals surface area contributed by atoms with Crippen molar-refractivity contribution in [2.45, 2.75) is 52.9 Å². The minimum absolute atomic E-state index is 0.118. The first-order valence-electron chi connectivity index (χ1n) is 13.0. The van der Waals surface area contributed by atoms with Crippen LogP contribution in [-0.2, 0) is 6.42 Å². The summed E-state index contributed by atoms with van der Waals surface area (Å²) in [6, 6.07) is 8.49. The van der Waals surface area contributed by atoms with E-state index in [1.54, 1.807) is 6.20 Å². The van der Waals surface area contributed by atoms with Crippen molar-refractivity contribution in [1.29, 1.82) is 0 Å². The number of benzene rings is 2. The lowest BCUT2D eigenvalue weighted by atomic mass is 9.91. The van der Waals surface area contributed by atoms with Crippen molar-refractivity contribution in [3.05, 3.63) is 80.9 Å². The zero-order chi connectivity index (χ0) is 27.2. The second kappa shape index (κ2) is 12.0. The Morgan fingerprint density at radius 2 is 2.05 bits per heavy atom. The molecule has 8 nitrogen and oxygen atoms in total. The molecule has 38 heavy (non-hydrogen) atoms. The van der Waals surface area contributed by atoms with E-state index in [9.17, 15) is 14.5 Å². The molecule has 4 rings (SSSR count). The summed E-state index contributed by atoms with van der Waals surface area (Å²) in [5, 5.41) is 14.4. The molecule has 2 aromatic carbocycles. The molecule has 3 aromatic rings. The number of aromatic nitrogens is 2. The standard InChI is InChI=1S/C29H34FN5O3/c1-5-7-11-20-12-10-13-22(19(20)3)21(6-2)28-26(34-14-8-9-15-34)18-31-29(33-28)32-24-17-25(35(36)37)23(30)16-27(24)38-4/h6,10,12-13,16-18H,5,7-9,11,14-15H2,1-4H3,(H,31,32,33)/b21-6+. The monoisotopic (exact) mass is 519 g/mol. The number of nitro groups is 1. The van der Waals surface area contributed by atoms with E-state index in [1.807, 2.05) is 6.92 Å². The van der Waals surface area contributed by atoms with Gasteiger partial charge in [0.2, 0.25) is 11.8 Å². The third-order valence-electron chi connectivity index (χ3n) is 7.01. The summed E-state index contributed by atoms with van der Waals surface area (Å²) in [6.45, 7) is 8.20. The van der Waals surface area contributed by atoms with Gasteiger partial charge in [0.15, 0.2) is 0 Å². The van der Waals surface area contributed by atoms with E-state index >= 15 is 0 Å². The van der Waals surface area contributed by atoms with Crippen LogP contribution in [0.3, 0.4) is 0 Å². The number of nitro benzene ring substituents is 1. The topological polar surface area (TPSA) is 93.4 Å². The van der Waals surface area contributed by atoms with Crippen molar-refractivity contribution in [3.63, 3.8) is 0 Å². The minimum Gasteiger partial charge on any atom is -0.494 e. The number of halogens is 1. The fourth-order valence-electron chi connectivity index (χ4n) is 4.93. The summed E-state index contributed by atoms with van der Waals surface area (Å²) in [7, 11) is 1.38. The number of hydrogen-bond donors (Lipinski definition) is 1. The highest BCUT2D eigenvalue weighted by molar-refractivity contribution is 5.86. The Morgan fingerprint density at radius 3 is 2.71 bits per heavy atom. The van der Waals surface area contributed by atoms with E-state index in [4.69, 9.17) is 9.72 Å². The van der Waals surface area contributed by atoms with Crippen LogP contribution in [0.4, 0.5) is 27.4 Å². The van der Waals surface area contributed by atoms with Crippen LogP contribution in [0.15, 0.2) is 42.6 Å². The van der Waals surface area contributed by atoms with E-state index in [0.29, 0.717) is 0 Å². The van der Waals surface area contributed by atoms with Gasteiger partial charge < -0.3 is 15.0 Å². The number of anilines is 3. The number of rotatable bonds is 10. The zero-order valence-electron chi connectivity index (χ0n) is 22.4. The largest absolute Gasteiger partial charge is 0.494 e. The number of methoxy groups -OCH3 is 1. The maximum absolute atomic E-state index is 14.2. The van der Waals surface area contributed by atoms with Crippen molar-refractivity contribution < 1.29 is 14.1 Å². The van der Waals surface area contributed by atoms with Crippen LogP contribution in [0, 0.1) is 22.9 Å². The number of hydrogen-bond acceptors (Lipinski definition) is 7. The third-order valence-corrected chi connectivity index (χ3v) is 7.01. The molecule has 0 amide bonds. The molecule has 0 saturated carbocycles. The molecule has 0 atom stereocenters. The molecule has 1 N–H and O–H groups in total. The first-order valence-corrected chi connectivity index (χ1v) is 13.0. The second-order valence-corrected chi connectivity index (χ2v) is 9.40. The first-order chi connectivity index (χ1) is 18.4. The van der Waals surface area contributed by atoms with E-state index < -0.39 is 16.4 Å². The number of aryl methyl sites for hydroxylation is 1. The smallest absolute Gasteiger partial charge is 0.307 e. The van der Waals surface area contributed by atoms with Gasteiger partial charge in [0, 0.05) is 30.8 Å². The normalized spacial score (nSPS) is 13.6. The zero-order valence-corrected chi connectivity index (χ0v) is 22.4. The lowest BCUT2D eigenvalue weighted by Gasteiger charge is -2.23. The first kappa shape index (κ1) is 27.0. The van der Waals surface area contributed by atoms with Gasteiger partial charge in [0.1, 0.15) is 5.75 Å².